The number of rotatable bonds is 10. The molecular weight excluding hydrogens is 547 g/mol. The monoisotopic (exact) mass is 585 g/mol. The van der Waals surface area contributed by atoms with E-state index < -0.39 is 11.7 Å². The maximum absolute atomic E-state index is 13.4. The zero-order chi connectivity index (χ0) is 30.5. The number of carbonyl (C=O) groups is 1. The lowest BCUT2D eigenvalue weighted by molar-refractivity contribution is -0.137. The number of imidazole rings is 1. The summed E-state index contributed by atoms with van der Waals surface area (Å²) in [6, 6.07) is 6.89. The molecular formula is C33H39ClF3N3O. The molecule has 4 nitrogen and oxygen atoms in total. The molecule has 0 fully saturated rings. The summed E-state index contributed by atoms with van der Waals surface area (Å²) in [5.74, 6) is 0.797. The van der Waals surface area contributed by atoms with Crippen LogP contribution in [0.3, 0.4) is 0 Å². The number of hydrogen-bond donors (Lipinski definition) is 0. The molecule has 0 spiro atoms. The molecule has 0 radical (unpaired) electrons. The van der Waals surface area contributed by atoms with Crippen molar-refractivity contribution in [2.24, 2.45) is 5.92 Å². The largest absolute Gasteiger partial charge is 0.417 e. The topological polar surface area (TPSA) is 47.8 Å². The first-order chi connectivity index (χ1) is 19.3. The number of ketones is 1. The van der Waals surface area contributed by atoms with E-state index in [0.717, 1.165) is 71.4 Å². The van der Waals surface area contributed by atoms with Crippen LogP contribution in [-0.2, 0) is 19.1 Å². The molecule has 0 aliphatic heterocycles. The Kier molecular flexibility index (Phi) is 10.8. The Bertz CT molecular complexity index is 1570. The predicted molar refractivity (Wildman–Crippen MR) is 160 cm³/mol. The van der Waals surface area contributed by atoms with Crippen LogP contribution in [0, 0.1) is 12.8 Å². The molecule has 0 aliphatic carbocycles. The standard InChI is InChI=1S/C33H39ClF3N3O/c1-8-11-21(6)15-27(30-28(34)17-25(18-38-30)33(35,36)37)31-29(12-9-2)40(22(7)39-31)19-23-13-14-26(24(10-3)16-23)32(41)20(4)5/h12-18,20H,8-11,19H2,1-7H3/b21-15+,29-12+,31-27-. The van der Waals surface area contributed by atoms with Gasteiger partial charge in [0.2, 0.25) is 0 Å². The molecule has 3 rings (SSSR count). The molecule has 2 heterocycles. The predicted octanol–water partition coefficient (Wildman–Crippen LogP) is 7.84. The number of benzene rings is 1. The Labute approximate surface area is 245 Å². The summed E-state index contributed by atoms with van der Waals surface area (Å²) in [6.07, 6.45) is 3.47. The van der Waals surface area contributed by atoms with E-state index >= 15 is 0 Å². The molecule has 220 valence electrons. The molecule has 0 saturated carbocycles. The van der Waals surface area contributed by atoms with E-state index in [1.807, 2.05) is 59.8 Å². The lowest BCUT2D eigenvalue weighted by atomic mass is 9.93. The third-order valence-electron chi connectivity index (χ3n) is 6.99. The zero-order valence-corrected chi connectivity index (χ0v) is 25.7. The van der Waals surface area contributed by atoms with Gasteiger partial charge in [-0.25, -0.2) is 4.98 Å². The van der Waals surface area contributed by atoms with Gasteiger partial charge in [0.1, 0.15) is 5.82 Å². The SMILES string of the molecule is CC\C=c1/c(=C(\C=C(/C)CCC)c2ncc(C(F)(F)F)cc2Cl)nc(C)n1Cc1ccc(C(=O)C(C)C)c(CC)c1. The number of aryl methyl sites for hydroxylation is 2. The van der Waals surface area contributed by atoms with Crippen molar-refractivity contribution >= 4 is 29.0 Å². The third kappa shape index (κ3) is 7.56. The van der Waals surface area contributed by atoms with Crippen molar-refractivity contribution in [2.75, 3.05) is 0 Å². The van der Waals surface area contributed by atoms with Gasteiger partial charge in [0, 0.05) is 29.8 Å². The van der Waals surface area contributed by atoms with Gasteiger partial charge in [0.15, 0.2) is 5.78 Å². The number of aromatic nitrogens is 3. The molecule has 1 aromatic carbocycles. The second-order valence-electron chi connectivity index (χ2n) is 10.7. The average Bonchev–Trinajstić information content (AvgIpc) is 3.21. The van der Waals surface area contributed by atoms with E-state index in [9.17, 15) is 18.0 Å². The minimum Gasteiger partial charge on any atom is -0.324 e. The van der Waals surface area contributed by atoms with Gasteiger partial charge in [-0.15, -0.1) is 0 Å². The van der Waals surface area contributed by atoms with Gasteiger partial charge in [0.25, 0.3) is 0 Å². The molecule has 0 atom stereocenters. The lowest BCUT2D eigenvalue weighted by Gasteiger charge is -2.13. The Morgan fingerprint density at radius 2 is 1.85 bits per heavy atom. The van der Waals surface area contributed by atoms with Crippen molar-refractivity contribution in [3.05, 3.63) is 91.6 Å². The normalized spacial score (nSPS) is 13.8. The molecule has 41 heavy (non-hydrogen) atoms. The summed E-state index contributed by atoms with van der Waals surface area (Å²) in [4.78, 5) is 21.8. The Balaban J connectivity index is 2.29. The summed E-state index contributed by atoms with van der Waals surface area (Å²) in [5.41, 5.74) is 3.79. The van der Waals surface area contributed by atoms with Crippen LogP contribution in [0.1, 0.15) is 99.4 Å². The van der Waals surface area contributed by atoms with Gasteiger partial charge in [-0.05, 0) is 50.3 Å². The van der Waals surface area contributed by atoms with Crippen LogP contribution in [0.4, 0.5) is 13.2 Å². The molecule has 0 N–H and O–H groups in total. The number of alkyl halides is 3. The molecule has 0 aliphatic rings. The first-order valence-corrected chi connectivity index (χ1v) is 14.5. The Morgan fingerprint density at radius 1 is 1.15 bits per heavy atom. The van der Waals surface area contributed by atoms with E-state index in [-0.39, 0.29) is 22.4 Å². The summed E-state index contributed by atoms with van der Waals surface area (Å²) in [7, 11) is 0. The van der Waals surface area contributed by atoms with Crippen LogP contribution in [0.15, 0.2) is 42.1 Å². The van der Waals surface area contributed by atoms with E-state index in [4.69, 9.17) is 16.6 Å². The highest BCUT2D eigenvalue weighted by Gasteiger charge is 2.32. The van der Waals surface area contributed by atoms with Crippen LogP contribution >= 0.6 is 11.6 Å². The molecule has 2 aromatic heterocycles. The van der Waals surface area contributed by atoms with Crippen LogP contribution in [0.25, 0.3) is 11.6 Å². The van der Waals surface area contributed by atoms with Crippen LogP contribution in [0.2, 0.25) is 5.02 Å². The Hall–Kier alpha value is -3.19. The third-order valence-corrected chi connectivity index (χ3v) is 7.28. The maximum Gasteiger partial charge on any atom is 0.417 e. The van der Waals surface area contributed by atoms with Gasteiger partial charge in [0.05, 0.1) is 27.0 Å². The molecule has 0 amide bonds. The fourth-order valence-electron chi connectivity index (χ4n) is 4.90. The lowest BCUT2D eigenvalue weighted by Crippen LogP contribution is -2.33. The minimum atomic E-state index is -4.55. The van der Waals surface area contributed by atoms with E-state index in [1.54, 1.807) is 0 Å². The van der Waals surface area contributed by atoms with Gasteiger partial charge >= 0.3 is 6.18 Å². The van der Waals surface area contributed by atoms with Gasteiger partial charge < -0.3 is 4.57 Å². The Morgan fingerprint density at radius 3 is 2.41 bits per heavy atom. The highest BCUT2D eigenvalue weighted by Crippen LogP contribution is 2.32. The minimum absolute atomic E-state index is 0.0805. The number of allylic oxidation sites excluding steroid dienone is 2. The molecule has 0 saturated heterocycles. The maximum atomic E-state index is 13.4. The molecule has 0 unspecified atom stereocenters. The zero-order valence-electron chi connectivity index (χ0n) is 24.9. The first-order valence-electron chi connectivity index (χ1n) is 14.2. The number of halogens is 4. The number of pyridine rings is 1. The first kappa shape index (κ1) is 32.3. The van der Waals surface area contributed by atoms with Crippen molar-refractivity contribution in [1.82, 2.24) is 14.5 Å². The fourth-order valence-corrected chi connectivity index (χ4v) is 5.17. The van der Waals surface area contributed by atoms with Gasteiger partial charge in [-0.1, -0.05) is 88.6 Å². The van der Waals surface area contributed by atoms with E-state index in [0.29, 0.717) is 17.5 Å². The number of Topliss-reactive ketones (excluding diaryl/α,β-unsaturated/α-hetero) is 1. The molecule has 0 bridgehead atoms. The molecule has 3 aromatic rings. The summed E-state index contributed by atoms with van der Waals surface area (Å²) in [6.45, 7) is 14.4. The van der Waals surface area contributed by atoms with E-state index in [2.05, 4.69) is 28.6 Å². The van der Waals surface area contributed by atoms with Gasteiger partial charge in [-0.2, -0.15) is 13.2 Å². The quantitative estimate of drug-likeness (QED) is 0.228. The second kappa shape index (κ2) is 13.6. The smallest absolute Gasteiger partial charge is 0.324 e. The number of carbonyl (C=O) groups excluding carboxylic acids is 1. The highest BCUT2D eigenvalue weighted by atomic mass is 35.5. The molecule has 8 heteroatoms. The van der Waals surface area contributed by atoms with Crippen LogP contribution in [-0.4, -0.2) is 20.3 Å². The van der Waals surface area contributed by atoms with Crippen molar-refractivity contribution in [1.29, 1.82) is 0 Å². The van der Waals surface area contributed by atoms with Crippen molar-refractivity contribution in [2.45, 2.75) is 86.9 Å². The number of hydrogen-bond acceptors (Lipinski definition) is 3. The van der Waals surface area contributed by atoms with Crippen molar-refractivity contribution in [3.8, 4) is 0 Å². The summed E-state index contributed by atoms with van der Waals surface area (Å²) in [5, 5.41) is 1.39. The average molecular weight is 586 g/mol. The fraction of sp³-hybridized carbons (Fsp3) is 0.424. The van der Waals surface area contributed by atoms with E-state index in [1.165, 1.54) is 0 Å². The van der Waals surface area contributed by atoms with Gasteiger partial charge in [-0.3, -0.25) is 9.78 Å². The number of nitrogens with zero attached hydrogens (tertiary/aromatic N) is 3. The second-order valence-corrected chi connectivity index (χ2v) is 11.1. The summed E-state index contributed by atoms with van der Waals surface area (Å²) < 4.78 is 42.2. The van der Waals surface area contributed by atoms with Crippen molar-refractivity contribution < 1.29 is 18.0 Å². The van der Waals surface area contributed by atoms with Crippen molar-refractivity contribution in [3.63, 3.8) is 0 Å². The highest BCUT2D eigenvalue weighted by molar-refractivity contribution is 6.32. The van der Waals surface area contributed by atoms with Crippen LogP contribution < -0.4 is 10.7 Å². The summed E-state index contributed by atoms with van der Waals surface area (Å²) >= 11 is 6.46. The van der Waals surface area contributed by atoms with Crippen LogP contribution in [0.5, 0.6) is 0 Å².